The molecule has 0 saturated carbocycles. The van der Waals surface area contributed by atoms with E-state index in [9.17, 15) is 19.8 Å². The van der Waals surface area contributed by atoms with Gasteiger partial charge in [-0.2, -0.15) is 0 Å². The largest absolute Gasteiger partial charge is 0.480 e. The van der Waals surface area contributed by atoms with E-state index in [1.807, 2.05) is 30.3 Å². The molecule has 1 heterocycles. The van der Waals surface area contributed by atoms with Crippen LogP contribution in [0.2, 0.25) is 0 Å². The standard InChI is InChI=1S/C18H14O5/c1-18(16(19)20,17(21)22)14-9-5-8-12-13(10-23-15(12)14)11-6-3-2-4-7-11/h2-10H,1H3,(H,19,20)(H,21,22). The fourth-order valence-electron chi connectivity index (χ4n) is 2.61. The predicted octanol–water partition coefficient (Wildman–Crippen LogP) is 3.53. The second-order valence-corrected chi connectivity index (χ2v) is 5.43. The number of para-hydroxylation sites is 1. The van der Waals surface area contributed by atoms with Crippen LogP contribution >= 0.6 is 0 Å². The van der Waals surface area contributed by atoms with Gasteiger partial charge in [0.05, 0.1) is 6.26 Å². The van der Waals surface area contributed by atoms with Crippen molar-refractivity contribution in [1.82, 2.24) is 0 Å². The van der Waals surface area contributed by atoms with E-state index in [1.54, 1.807) is 12.1 Å². The van der Waals surface area contributed by atoms with E-state index in [1.165, 1.54) is 12.3 Å². The first-order chi connectivity index (χ1) is 11.0. The van der Waals surface area contributed by atoms with E-state index in [4.69, 9.17) is 4.42 Å². The molecule has 0 unspecified atom stereocenters. The molecule has 0 saturated heterocycles. The smallest absolute Gasteiger partial charge is 0.325 e. The van der Waals surface area contributed by atoms with Crippen molar-refractivity contribution in [3.05, 3.63) is 60.4 Å². The van der Waals surface area contributed by atoms with E-state index in [0.29, 0.717) is 5.39 Å². The van der Waals surface area contributed by atoms with Crippen molar-refractivity contribution in [2.24, 2.45) is 0 Å². The van der Waals surface area contributed by atoms with Gasteiger partial charge >= 0.3 is 11.9 Å². The molecular formula is C18H14O5. The monoisotopic (exact) mass is 310 g/mol. The van der Waals surface area contributed by atoms with Crippen LogP contribution in [0, 0.1) is 0 Å². The third-order valence-corrected chi connectivity index (χ3v) is 4.08. The summed E-state index contributed by atoms with van der Waals surface area (Å²) < 4.78 is 5.55. The van der Waals surface area contributed by atoms with Gasteiger partial charge in [0.2, 0.25) is 0 Å². The molecule has 5 nitrogen and oxygen atoms in total. The second-order valence-electron chi connectivity index (χ2n) is 5.43. The summed E-state index contributed by atoms with van der Waals surface area (Å²) in [7, 11) is 0. The van der Waals surface area contributed by atoms with E-state index in [2.05, 4.69) is 0 Å². The SMILES string of the molecule is CC(C(=O)O)(C(=O)O)c1cccc2c(-c3ccccc3)coc12. The maximum atomic E-state index is 11.6. The summed E-state index contributed by atoms with van der Waals surface area (Å²) in [5.41, 5.74) is 0.0258. The topological polar surface area (TPSA) is 87.7 Å². The molecule has 0 amide bonds. The lowest BCUT2D eigenvalue weighted by atomic mass is 9.81. The Balaban J connectivity index is 2.28. The third-order valence-electron chi connectivity index (χ3n) is 4.08. The predicted molar refractivity (Wildman–Crippen MR) is 84.3 cm³/mol. The van der Waals surface area contributed by atoms with Gasteiger partial charge in [-0.3, -0.25) is 9.59 Å². The highest BCUT2D eigenvalue weighted by Gasteiger charge is 2.45. The van der Waals surface area contributed by atoms with Gasteiger partial charge < -0.3 is 14.6 Å². The Labute approximate surface area is 131 Å². The van der Waals surface area contributed by atoms with Gasteiger partial charge in [0.25, 0.3) is 0 Å². The van der Waals surface area contributed by atoms with Crippen LogP contribution in [0.15, 0.2) is 59.2 Å². The summed E-state index contributed by atoms with van der Waals surface area (Å²) in [5.74, 6) is -2.87. The zero-order chi connectivity index (χ0) is 16.6. The van der Waals surface area contributed by atoms with Crippen LogP contribution in [0.5, 0.6) is 0 Å². The minimum atomic E-state index is -2.08. The van der Waals surface area contributed by atoms with Crippen molar-refractivity contribution in [1.29, 1.82) is 0 Å². The Kier molecular flexibility index (Phi) is 3.41. The maximum absolute atomic E-state index is 11.6. The van der Waals surface area contributed by atoms with Gasteiger partial charge in [-0.1, -0.05) is 48.5 Å². The Morgan fingerprint density at radius 2 is 1.61 bits per heavy atom. The van der Waals surface area contributed by atoms with Crippen molar-refractivity contribution in [2.45, 2.75) is 12.3 Å². The molecule has 116 valence electrons. The second kappa shape index (κ2) is 5.28. The molecule has 3 rings (SSSR count). The van der Waals surface area contributed by atoms with Crippen molar-refractivity contribution < 1.29 is 24.2 Å². The number of benzene rings is 2. The molecule has 0 bridgehead atoms. The van der Waals surface area contributed by atoms with Crippen molar-refractivity contribution in [3.8, 4) is 11.1 Å². The van der Waals surface area contributed by atoms with Crippen LogP contribution in [-0.4, -0.2) is 22.2 Å². The highest BCUT2D eigenvalue weighted by molar-refractivity contribution is 6.08. The minimum Gasteiger partial charge on any atom is -0.480 e. The first kappa shape index (κ1) is 14.8. The molecule has 0 atom stereocenters. The minimum absolute atomic E-state index is 0.122. The molecule has 5 heteroatoms. The summed E-state index contributed by atoms with van der Waals surface area (Å²) in [4.78, 5) is 23.1. The Hall–Kier alpha value is -3.08. The maximum Gasteiger partial charge on any atom is 0.325 e. The lowest BCUT2D eigenvalue weighted by Gasteiger charge is -2.20. The highest BCUT2D eigenvalue weighted by Crippen LogP contribution is 2.37. The Morgan fingerprint density at radius 1 is 0.957 bits per heavy atom. The number of carbonyl (C=O) groups is 2. The quantitative estimate of drug-likeness (QED) is 0.720. The van der Waals surface area contributed by atoms with Gasteiger partial charge in [0, 0.05) is 16.5 Å². The van der Waals surface area contributed by atoms with Crippen LogP contribution < -0.4 is 0 Å². The molecule has 0 fully saturated rings. The van der Waals surface area contributed by atoms with Gasteiger partial charge in [0.1, 0.15) is 5.58 Å². The van der Waals surface area contributed by atoms with Gasteiger partial charge in [0.15, 0.2) is 5.41 Å². The lowest BCUT2D eigenvalue weighted by molar-refractivity contribution is -0.156. The van der Waals surface area contributed by atoms with Crippen LogP contribution in [0.25, 0.3) is 22.1 Å². The molecule has 2 N–H and O–H groups in total. The Morgan fingerprint density at radius 3 is 2.22 bits per heavy atom. The molecule has 0 aliphatic rings. The summed E-state index contributed by atoms with van der Waals surface area (Å²) in [5, 5.41) is 19.5. The average Bonchev–Trinajstić information content (AvgIpc) is 2.98. The number of rotatable bonds is 4. The zero-order valence-corrected chi connectivity index (χ0v) is 12.3. The number of hydrogen-bond donors (Lipinski definition) is 2. The van der Waals surface area contributed by atoms with E-state index in [0.717, 1.165) is 18.1 Å². The first-order valence-electron chi connectivity index (χ1n) is 6.99. The van der Waals surface area contributed by atoms with Gasteiger partial charge in [-0.25, -0.2) is 0 Å². The number of carboxylic acid groups (broad SMARTS) is 2. The van der Waals surface area contributed by atoms with Crippen molar-refractivity contribution >= 4 is 22.9 Å². The molecule has 2 aromatic carbocycles. The zero-order valence-electron chi connectivity index (χ0n) is 12.3. The fraction of sp³-hybridized carbons (Fsp3) is 0.111. The third kappa shape index (κ3) is 2.17. The first-order valence-corrected chi connectivity index (χ1v) is 6.99. The van der Waals surface area contributed by atoms with E-state index in [-0.39, 0.29) is 11.1 Å². The van der Waals surface area contributed by atoms with Crippen molar-refractivity contribution in [2.75, 3.05) is 0 Å². The highest BCUT2D eigenvalue weighted by atomic mass is 16.4. The number of aliphatic carboxylic acids is 2. The van der Waals surface area contributed by atoms with Crippen LogP contribution in [0.4, 0.5) is 0 Å². The van der Waals surface area contributed by atoms with Crippen LogP contribution in [0.3, 0.4) is 0 Å². The average molecular weight is 310 g/mol. The number of furan rings is 1. The molecule has 0 aliphatic carbocycles. The summed E-state index contributed by atoms with van der Waals surface area (Å²) >= 11 is 0. The molecule has 0 spiro atoms. The number of carboxylic acids is 2. The summed E-state index contributed by atoms with van der Waals surface area (Å²) in [6, 6.07) is 14.4. The molecule has 1 aromatic heterocycles. The molecule has 23 heavy (non-hydrogen) atoms. The number of fused-ring (bicyclic) bond motifs is 1. The van der Waals surface area contributed by atoms with Crippen molar-refractivity contribution in [3.63, 3.8) is 0 Å². The van der Waals surface area contributed by atoms with E-state index >= 15 is 0 Å². The summed E-state index contributed by atoms with van der Waals surface area (Å²) in [6.45, 7) is 1.16. The number of hydrogen-bond acceptors (Lipinski definition) is 3. The molecule has 0 radical (unpaired) electrons. The fourth-order valence-corrected chi connectivity index (χ4v) is 2.61. The summed E-state index contributed by atoms with van der Waals surface area (Å²) in [6.07, 6.45) is 1.52. The molecule has 3 aromatic rings. The lowest BCUT2D eigenvalue weighted by Crippen LogP contribution is -2.40. The van der Waals surface area contributed by atoms with Crippen LogP contribution in [-0.2, 0) is 15.0 Å². The Bertz CT molecular complexity index is 878. The van der Waals surface area contributed by atoms with Gasteiger partial charge in [-0.05, 0) is 12.5 Å². The van der Waals surface area contributed by atoms with E-state index < -0.39 is 17.4 Å². The normalized spacial score (nSPS) is 11.5. The van der Waals surface area contributed by atoms with Crippen LogP contribution in [0.1, 0.15) is 12.5 Å². The molecule has 0 aliphatic heterocycles. The molecular weight excluding hydrogens is 296 g/mol. The van der Waals surface area contributed by atoms with Gasteiger partial charge in [-0.15, -0.1) is 0 Å².